The van der Waals surface area contributed by atoms with Crippen LogP contribution in [-0.2, 0) is 34.0 Å². The van der Waals surface area contributed by atoms with Crippen molar-refractivity contribution in [2.75, 3.05) is 36.2 Å². The molecule has 35 heavy (non-hydrogen) atoms. The van der Waals surface area contributed by atoms with Crippen LogP contribution in [0.3, 0.4) is 0 Å². The minimum absolute atomic E-state index is 0.0609. The van der Waals surface area contributed by atoms with E-state index in [9.17, 15) is 14.1 Å². The van der Waals surface area contributed by atoms with Gasteiger partial charge >= 0.3 is 5.97 Å². The maximum atomic E-state index is 12.6. The average Bonchev–Trinajstić information content (AvgIpc) is 3.18. The van der Waals surface area contributed by atoms with Crippen LogP contribution in [0.2, 0.25) is 5.02 Å². The molecule has 5 rings (SSSR count). The molecule has 3 aromatic rings. The number of nitrogens with zero attached hydrogens (tertiary/aromatic N) is 3. The second-order valence-electron chi connectivity index (χ2n) is 8.58. The highest BCUT2D eigenvalue weighted by atomic mass is 35.5. The van der Waals surface area contributed by atoms with E-state index in [0.717, 1.165) is 5.69 Å². The number of aryl methyl sites for hydroxylation is 1. The van der Waals surface area contributed by atoms with E-state index in [0.29, 0.717) is 56.4 Å². The highest BCUT2D eigenvalue weighted by molar-refractivity contribution is 7.85. The number of fused-ring (bicyclic) bond motifs is 1. The van der Waals surface area contributed by atoms with Gasteiger partial charge in [0.25, 0.3) is 0 Å². The summed E-state index contributed by atoms with van der Waals surface area (Å²) in [6, 6.07) is 12.2. The number of aliphatic hydroxyl groups is 1. The summed E-state index contributed by atoms with van der Waals surface area (Å²) in [5, 5.41) is 23.7. The number of halogens is 1. The molecule has 1 aromatic heterocycles. The Morgan fingerprint density at radius 3 is 2.63 bits per heavy atom. The molecule has 3 heterocycles. The first-order valence-electron chi connectivity index (χ1n) is 10.9. The molecule has 0 spiro atoms. The third kappa shape index (κ3) is 4.56. The van der Waals surface area contributed by atoms with Crippen LogP contribution < -0.4 is 15.0 Å². The van der Waals surface area contributed by atoms with Gasteiger partial charge in [-0.25, -0.2) is 4.98 Å². The predicted octanol–water partition coefficient (Wildman–Crippen LogP) is 2.88. The van der Waals surface area contributed by atoms with Crippen molar-refractivity contribution in [1.29, 1.82) is 0 Å². The van der Waals surface area contributed by atoms with Gasteiger partial charge < -0.3 is 25.2 Å². The molecule has 2 aromatic carbocycles. The Balaban J connectivity index is 1.39. The molecule has 11 heteroatoms. The summed E-state index contributed by atoms with van der Waals surface area (Å²) in [7, 11) is 0.325. The predicted molar refractivity (Wildman–Crippen MR) is 132 cm³/mol. The minimum atomic E-state index is -1.21. The van der Waals surface area contributed by atoms with Gasteiger partial charge in [0.05, 0.1) is 48.1 Å². The van der Waals surface area contributed by atoms with Crippen LogP contribution in [0.1, 0.15) is 16.8 Å². The molecule has 0 bridgehead atoms. The first-order valence-corrected chi connectivity index (χ1v) is 12.6. The molecule has 9 nitrogen and oxygen atoms in total. The zero-order chi connectivity index (χ0) is 24.7. The van der Waals surface area contributed by atoms with E-state index < -0.39 is 22.4 Å². The summed E-state index contributed by atoms with van der Waals surface area (Å²) in [6.45, 7) is 0.557. The average molecular weight is 515 g/mol. The maximum Gasteiger partial charge on any atom is 0.307 e. The van der Waals surface area contributed by atoms with Gasteiger partial charge in [0, 0.05) is 17.9 Å². The van der Waals surface area contributed by atoms with Crippen LogP contribution in [-0.4, -0.2) is 56.3 Å². The molecule has 1 atom stereocenters. The Bertz CT molecular complexity index is 1330. The van der Waals surface area contributed by atoms with Crippen molar-refractivity contribution < 1.29 is 24.0 Å². The number of aromatic nitrogens is 2. The van der Waals surface area contributed by atoms with Gasteiger partial charge in [-0.1, -0.05) is 29.8 Å². The zero-order valence-electron chi connectivity index (χ0n) is 18.8. The molecule has 2 aliphatic rings. The van der Waals surface area contributed by atoms with Crippen LogP contribution in [0.4, 0.5) is 17.5 Å². The zero-order valence-corrected chi connectivity index (χ0v) is 20.4. The molecule has 2 aliphatic heterocycles. The van der Waals surface area contributed by atoms with E-state index in [1.54, 1.807) is 42.5 Å². The summed E-state index contributed by atoms with van der Waals surface area (Å²) in [6.07, 6.45) is 0.518. The number of hydrogen-bond acceptors (Lipinski definition) is 8. The van der Waals surface area contributed by atoms with Gasteiger partial charge in [0.1, 0.15) is 16.2 Å². The number of carboxylic acid groups (broad SMARTS) is 1. The number of ether oxygens (including phenoxy) is 1. The third-order valence-corrected chi connectivity index (χ3v) is 7.88. The number of carbonyl (C=O) groups is 1. The smallest absolute Gasteiger partial charge is 0.307 e. The molecule has 182 valence electrons. The van der Waals surface area contributed by atoms with E-state index >= 15 is 0 Å². The standard InChI is InChI=1S/C24H23ClN4O5S/c1-34-19-7-4-15(11-17(19)25)24(32)12-29(13-24)23-27-18-8-9-35(33)21(18)22(28-23)26-16-5-2-14(3-6-16)10-20(30)31/h2-7,11,32H,8-10,12-13H2,1H3,(H,30,31)(H,26,27,28). The number of benzene rings is 2. The fourth-order valence-electron chi connectivity index (χ4n) is 4.29. The van der Waals surface area contributed by atoms with Gasteiger partial charge in [-0.3, -0.25) is 9.00 Å². The van der Waals surface area contributed by atoms with Crippen LogP contribution >= 0.6 is 11.6 Å². The number of anilines is 3. The molecule has 3 N–H and O–H groups in total. The summed E-state index contributed by atoms with van der Waals surface area (Å²) >= 11 is 6.24. The van der Waals surface area contributed by atoms with Crippen molar-refractivity contribution in [3.05, 3.63) is 64.3 Å². The lowest BCUT2D eigenvalue weighted by Gasteiger charge is -2.47. The maximum absolute atomic E-state index is 12.6. The van der Waals surface area contributed by atoms with Crippen LogP contribution in [0, 0.1) is 0 Å². The van der Waals surface area contributed by atoms with Crippen molar-refractivity contribution in [2.24, 2.45) is 0 Å². The third-order valence-electron chi connectivity index (χ3n) is 6.12. The lowest BCUT2D eigenvalue weighted by Crippen LogP contribution is -2.60. The van der Waals surface area contributed by atoms with E-state index in [-0.39, 0.29) is 19.5 Å². The van der Waals surface area contributed by atoms with Crippen LogP contribution in [0.15, 0.2) is 47.4 Å². The second kappa shape index (κ2) is 9.10. The Kier molecular flexibility index (Phi) is 6.12. The summed E-state index contributed by atoms with van der Waals surface area (Å²) in [5.41, 5.74) is 1.68. The molecule has 1 saturated heterocycles. The topological polar surface area (TPSA) is 125 Å². The summed E-state index contributed by atoms with van der Waals surface area (Å²) in [4.78, 5) is 22.7. The minimum Gasteiger partial charge on any atom is -0.495 e. The summed E-state index contributed by atoms with van der Waals surface area (Å²) in [5.74, 6) is 1.02. The number of methoxy groups -OCH3 is 1. The Morgan fingerprint density at radius 1 is 1.23 bits per heavy atom. The molecule has 1 unspecified atom stereocenters. The largest absolute Gasteiger partial charge is 0.495 e. The van der Waals surface area contributed by atoms with E-state index in [4.69, 9.17) is 21.4 Å². The van der Waals surface area contributed by atoms with Crippen molar-refractivity contribution in [2.45, 2.75) is 23.3 Å². The fourth-order valence-corrected chi connectivity index (χ4v) is 5.86. The lowest BCUT2D eigenvalue weighted by atomic mass is 9.86. The highest BCUT2D eigenvalue weighted by Gasteiger charge is 2.45. The Morgan fingerprint density at radius 2 is 1.97 bits per heavy atom. The first kappa shape index (κ1) is 23.5. The van der Waals surface area contributed by atoms with E-state index in [1.807, 2.05) is 4.90 Å². The van der Waals surface area contributed by atoms with Crippen molar-refractivity contribution in [3.63, 3.8) is 0 Å². The second-order valence-corrected chi connectivity index (χ2v) is 10.5. The quantitative estimate of drug-likeness (QED) is 0.436. The first-order chi connectivity index (χ1) is 16.8. The Labute approximate surface area is 209 Å². The van der Waals surface area contributed by atoms with Gasteiger partial charge in [0.15, 0.2) is 5.82 Å². The number of nitrogens with one attached hydrogen (secondary N) is 1. The monoisotopic (exact) mass is 514 g/mol. The van der Waals surface area contributed by atoms with Gasteiger partial charge in [-0.15, -0.1) is 0 Å². The molecule has 0 amide bonds. The number of aliphatic carboxylic acids is 1. The normalized spacial score (nSPS) is 18.0. The molecular formula is C24H23ClN4O5S. The molecule has 1 fully saturated rings. The number of β-amino-alcohol motifs (C(OH)–C–C–N with tert-alkyl or cyclic N) is 1. The Hall–Kier alpha value is -3.21. The molecule has 0 saturated carbocycles. The summed E-state index contributed by atoms with van der Waals surface area (Å²) < 4.78 is 17.8. The highest BCUT2D eigenvalue weighted by Crippen LogP contribution is 2.39. The van der Waals surface area contributed by atoms with E-state index in [1.165, 1.54) is 7.11 Å². The van der Waals surface area contributed by atoms with Crippen molar-refractivity contribution in [1.82, 2.24) is 9.97 Å². The molecule has 0 radical (unpaired) electrons. The fraction of sp³-hybridized carbons (Fsp3) is 0.292. The van der Waals surface area contributed by atoms with Crippen molar-refractivity contribution >= 4 is 45.8 Å². The van der Waals surface area contributed by atoms with Gasteiger partial charge in [0.2, 0.25) is 5.95 Å². The van der Waals surface area contributed by atoms with Crippen LogP contribution in [0.25, 0.3) is 0 Å². The number of rotatable bonds is 7. The number of carboxylic acids is 1. The van der Waals surface area contributed by atoms with Crippen LogP contribution in [0.5, 0.6) is 5.75 Å². The molecule has 0 aliphatic carbocycles. The van der Waals surface area contributed by atoms with Gasteiger partial charge in [-0.05, 0) is 35.4 Å². The lowest BCUT2D eigenvalue weighted by molar-refractivity contribution is -0.136. The van der Waals surface area contributed by atoms with Gasteiger partial charge in [-0.2, -0.15) is 4.98 Å². The molecular weight excluding hydrogens is 492 g/mol. The SMILES string of the molecule is COc1ccc(C2(O)CN(c3nc4c(c(Nc5ccc(CC(=O)O)cc5)n3)S(=O)CC4)C2)cc1Cl. The van der Waals surface area contributed by atoms with Crippen molar-refractivity contribution in [3.8, 4) is 5.75 Å². The number of hydrogen-bond donors (Lipinski definition) is 3. The van der Waals surface area contributed by atoms with E-state index in [2.05, 4.69) is 15.3 Å².